The van der Waals surface area contributed by atoms with Gasteiger partial charge in [-0.25, -0.2) is 4.79 Å². The first kappa shape index (κ1) is 14.5. The second kappa shape index (κ2) is 5.73. The van der Waals surface area contributed by atoms with Crippen molar-refractivity contribution in [2.24, 2.45) is 11.8 Å². The van der Waals surface area contributed by atoms with Crippen LogP contribution in [0.15, 0.2) is 18.2 Å². The number of aromatic hydroxyl groups is 1. The monoisotopic (exact) mass is 311 g/mol. The van der Waals surface area contributed by atoms with E-state index >= 15 is 0 Å². The fourth-order valence-electron chi connectivity index (χ4n) is 3.42. The number of amides is 1. The van der Waals surface area contributed by atoms with Crippen LogP contribution in [0.2, 0.25) is 5.02 Å². The van der Waals surface area contributed by atoms with Gasteiger partial charge in [0.1, 0.15) is 5.75 Å². The van der Waals surface area contributed by atoms with E-state index in [2.05, 4.69) is 0 Å². The summed E-state index contributed by atoms with van der Waals surface area (Å²) in [6, 6.07) is 5.13. The second-order valence-corrected chi connectivity index (χ2v) is 6.24. The van der Waals surface area contributed by atoms with Crippen molar-refractivity contribution in [3.05, 3.63) is 28.8 Å². The van der Waals surface area contributed by atoms with E-state index < -0.39 is 6.09 Å². The molecule has 3 rings (SSSR count). The van der Waals surface area contributed by atoms with Gasteiger partial charge < -0.3 is 19.8 Å². The quantitative estimate of drug-likeness (QED) is 0.900. The van der Waals surface area contributed by atoms with Crippen molar-refractivity contribution >= 4 is 17.7 Å². The molecule has 2 fully saturated rings. The topological polar surface area (TPSA) is 70.0 Å². The van der Waals surface area contributed by atoms with Crippen LogP contribution in [0.4, 0.5) is 4.79 Å². The number of fused-ring (bicyclic) bond motifs is 1. The second-order valence-electron chi connectivity index (χ2n) is 5.86. The smallest absolute Gasteiger partial charge is 0.407 e. The van der Waals surface area contributed by atoms with Crippen molar-refractivity contribution in [3.8, 4) is 5.75 Å². The third-order valence-corrected chi connectivity index (χ3v) is 4.95. The number of likely N-dealkylation sites (tertiary alicyclic amines) is 1. The summed E-state index contributed by atoms with van der Waals surface area (Å²) in [7, 11) is 0. The van der Waals surface area contributed by atoms with Gasteiger partial charge in [-0.3, -0.25) is 0 Å². The molecule has 1 aromatic carbocycles. The molecule has 1 saturated carbocycles. The number of halogens is 1. The van der Waals surface area contributed by atoms with Crippen LogP contribution in [-0.4, -0.2) is 40.4 Å². The molecule has 2 N–H and O–H groups in total. The number of carbonyl (C=O) groups is 1. The zero-order valence-electron chi connectivity index (χ0n) is 11.5. The van der Waals surface area contributed by atoms with Crippen LogP contribution < -0.4 is 0 Å². The summed E-state index contributed by atoms with van der Waals surface area (Å²) in [6.45, 7) is 1.61. The molecule has 5 nitrogen and oxygen atoms in total. The van der Waals surface area contributed by atoms with E-state index in [-0.39, 0.29) is 11.9 Å². The Bertz CT molecular complexity index is 536. The minimum Gasteiger partial charge on any atom is -0.506 e. The maximum atomic E-state index is 11.0. The summed E-state index contributed by atoms with van der Waals surface area (Å²) in [5.74, 6) is 0.884. The minimum atomic E-state index is -0.826. The molecule has 1 aromatic rings. The van der Waals surface area contributed by atoms with Crippen LogP contribution >= 0.6 is 11.6 Å². The first-order valence-corrected chi connectivity index (χ1v) is 7.48. The molecule has 0 unspecified atom stereocenters. The lowest BCUT2D eigenvalue weighted by molar-refractivity contribution is 0.0375. The van der Waals surface area contributed by atoms with Crippen LogP contribution in [0, 0.1) is 11.8 Å². The SMILES string of the molecule is O=C(O)N1C[C@H]2C[C@H](OCc3cccc(O)c3Cl)C[C@H]2C1. The van der Waals surface area contributed by atoms with E-state index in [4.69, 9.17) is 21.4 Å². The van der Waals surface area contributed by atoms with Gasteiger partial charge in [-0.1, -0.05) is 23.7 Å². The molecular weight excluding hydrogens is 294 g/mol. The van der Waals surface area contributed by atoms with E-state index in [1.165, 1.54) is 4.90 Å². The van der Waals surface area contributed by atoms with E-state index in [9.17, 15) is 9.90 Å². The average molecular weight is 312 g/mol. The molecule has 0 radical (unpaired) electrons. The van der Waals surface area contributed by atoms with Crippen LogP contribution in [-0.2, 0) is 11.3 Å². The molecule has 1 amide bonds. The highest BCUT2D eigenvalue weighted by atomic mass is 35.5. The van der Waals surface area contributed by atoms with Crippen LogP contribution in [0.1, 0.15) is 18.4 Å². The Morgan fingerprint density at radius 2 is 2.00 bits per heavy atom. The fraction of sp³-hybridized carbons (Fsp3) is 0.533. The summed E-state index contributed by atoms with van der Waals surface area (Å²) in [5.41, 5.74) is 0.779. The minimum absolute atomic E-state index is 0.0677. The van der Waals surface area contributed by atoms with Gasteiger partial charge in [-0.05, 0) is 30.7 Å². The first-order valence-electron chi connectivity index (χ1n) is 7.10. The van der Waals surface area contributed by atoms with Crippen molar-refractivity contribution < 1.29 is 19.7 Å². The van der Waals surface area contributed by atoms with Crippen molar-refractivity contribution in [1.29, 1.82) is 0 Å². The van der Waals surface area contributed by atoms with Gasteiger partial charge >= 0.3 is 6.09 Å². The maximum Gasteiger partial charge on any atom is 0.407 e. The van der Waals surface area contributed by atoms with Crippen LogP contribution in [0.3, 0.4) is 0 Å². The summed E-state index contributed by atoms with van der Waals surface area (Å²) in [4.78, 5) is 12.4. The molecule has 3 atom stereocenters. The highest BCUT2D eigenvalue weighted by molar-refractivity contribution is 6.32. The molecular formula is C15H18ClNO4. The van der Waals surface area contributed by atoms with Gasteiger partial charge in [0, 0.05) is 18.7 Å². The largest absolute Gasteiger partial charge is 0.506 e. The van der Waals surface area contributed by atoms with Crippen molar-refractivity contribution in [1.82, 2.24) is 4.90 Å². The van der Waals surface area contributed by atoms with Crippen LogP contribution in [0.5, 0.6) is 5.75 Å². The highest BCUT2D eigenvalue weighted by Crippen LogP contribution is 2.40. The van der Waals surface area contributed by atoms with E-state index in [0.717, 1.165) is 18.4 Å². The zero-order valence-corrected chi connectivity index (χ0v) is 12.3. The molecule has 1 saturated heterocycles. The summed E-state index contributed by atoms with van der Waals surface area (Å²) < 4.78 is 5.90. The summed E-state index contributed by atoms with van der Waals surface area (Å²) in [5, 5.41) is 18.9. The predicted molar refractivity (Wildman–Crippen MR) is 77.5 cm³/mol. The standard InChI is InChI=1S/C15H18ClNO4/c16-14-9(2-1-3-13(14)18)8-21-12-4-10-6-17(15(19)20)7-11(10)5-12/h1-3,10-12,18H,4-8H2,(H,19,20)/t10-,11+,12+. The average Bonchev–Trinajstić information content (AvgIpc) is 2.98. The van der Waals surface area contributed by atoms with Gasteiger partial charge in [-0.2, -0.15) is 0 Å². The van der Waals surface area contributed by atoms with E-state index in [0.29, 0.717) is 36.6 Å². The molecule has 0 aromatic heterocycles. The number of phenolic OH excluding ortho intramolecular Hbond substituents is 1. The van der Waals surface area contributed by atoms with Crippen LogP contribution in [0.25, 0.3) is 0 Å². The number of phenols is 1. The Labute approximate surface area is 128 Å². The lowest BCUT2D eigenvalue weighted by Crippen LogP contribution is -2.28. The molecule has 0 bridgehead atoms. The van der Waals surface area contributed by atoms with Gasteiger partial charge in [-0.15, -0.1) is 0 Å². The third kappa shape index (κ3) is 2.94. The Morgan fingerprint density at radius 1 is 1.33 bits per heavy atom. The van der Waals surface area contributed by atoms with E-state index in [1.54, 1.807) is 12.1 Å². The van der Waals surface area contributed by atoms with Gasteiger partial charge in [0.2, 0.25) is 0 Å². The molecule has 21 heavy (non-hydrogen) atoms. The van der Waals surface area contributed by atoms with Crippen molar-refractivity contribution in [3.63, 3.8) is 0 Å². The number of ether oxygens (including phenoxy) is 1. The predicted octanol–water partition coefficient (Wildman–Crippen LogP) is 2.95. The summed E-state index contributed by atoms with van der Waals surface area (Å²) in [6.07, 6.45) is 1.11. The Balaban J connectivity index is 1.53. The summed E-state index contributed by atoms with van der Waals surface area (Å²) >= 11 is 6.03. The molecule has 2 aliphatic rings. The Hall–Kier alpha value is -1.46. The molecule has 1 aliphatic carbocycles. The first-order chi connectivity index (χ1) is 10.0. The lowest BCUT2D eigenvalue weighted by Gasteiger charge is -2.17. The Morgan fingerprint density at radius 3 is 2.62 bits per heavy atom. The Kier molecular flexibility index (Phi) is 3.95. The van der Waals surface area contributed by atoms with Gasteiger partial charge in [0.25, 0.3) is 0 Å². The molecule has 114 valence electrons. The fourth-order valence-corrected chi connectivity index (χ4v) is 3.60. The van der Waals surface area contributed by atoms with Crippen molar-refractivity contribution in [2.45, 2.75) is 25.6 Å². The lowest BCUT2D eigenvalue weighted by atomic mass is 10.0. The van der Waals surface area contributed by atoms with Gasteiger partial charge in [0.15, 0.2) is 0 Å². The van der Waals surface area contributed by atoms with E-state index in [1.807, 2.05) is 6.07 Å². The highest BCUT2D eigenvalue weighted by Gasteiger charge is 2.42. The molecule has 6 heteroatoms. The molecule has 1 heterocycles. The number of hydrogen-bond donors (Lipinski definition) is 2. The number of hydrogen-bond acceptors (Lipinski definition) is 3. The normalized spacial score (nSPS) is 27.9. The van der Waals surface area contributed by atoms with Crippen molar-refractivity contribution in [2.75, 3.05) is 13.1 Å². The number of rotatable bonds is 3. The maximum absolute atomic E-state index is 11.0. The zero-order chi connectivity index (χ0) is 15.0. The molecule has 0 spiro atoms. The number of carboxylic acid groups (broad SMARTS) is 1. The third-order valence-electron chi connectivity index (χ3n) is 4.51. The molecule has 1 aliphatic heterocycles. The van der Waals surface area contributed by atoms with Gasteiger partial charge in [0.05, 0.1) is 17.7 Å². The number of benzene rings is 1. The number of nitrogens with zero attached hydrogens (tertiary/aromatic N) is 1.